The summed E-state index contributed by atoms with van der Waals surface area (Å²) in [6, 6.07) is 0. The molecule has 0 atom stereocenters. The van der Waals surface area contributed by atoms with E-state index < -0.39 is 11.9 Å². The molecular formula is C4H5N3O3. The number of aromatic nitrogens is 2. The fourth-order valence-corrected chi connectivity index (χ4v) is 0.423. The molecule has 0 unspecified atom stereocenters. The van der Waals surface area contributed by atoms with Gasteiger partial charge >= 0.3 is 11.9 Å². The molecule has 0 aromatic carbocycles. The second-order valence-corrected chi connectivity index (χ2v) is 1.51. The molecule has 0 aliphatic rings. The van der Waals surface area contributed by atoms with Crippen molar-refractivity contribution in [2.45, 2.75) is 6.54 Å². The molecule has 0 aliphatic carbocycles. The summed E-state index contributed by atoms with van der Waals surface area (Å²) in [5.74, 6) is -1.55. The topological polar surface area (TPSA) is 102 Å². The van der Waals surface area contributed by atoms with Crippen LogP contribution in [-0.2, 0) is 6.54 Å². The van der Waals surface area contributed by atoms with Gasteiger partial charge in [0.1, 0.15) is 0 Å². The van der Waals surface area contributed by atoms with Crippen molar-refractivity contribution in [2.75, 3.05) is 0 Å². The maximum atomic E-state index is 10.1. The van der Waals surface area contributed by atoms with Gasteiger partial charge in [0.05, 0.1) is 6.54 Å². The average molecular weight is 143 g/mol. The molecule has 0 aliphatic heterocycles. The summed E-state index contributed by atoms with van der Waals surface area (Å²) in [4.78, 5) is 10.1. The Morgan fingerprint density at radius 3 is 2.70 bits per heavy atom. The molecule has 0 fully saturated rings. The SMILES string of the molecule is NCc1nnc(C(=O)O)o1. The highest BCUT2D eigenvalue weighted by Gasteiger charge is 2.10. The van der Waals surface area contributed by atoms with Crippen LogP contribution in [0.5, 0.6) is 0 Å². The summed E-state index contributed by atoms with van der Waals surface area (Å²) < 4.78 is 4.55. The van der Waals surface area contributed by atoms with Crippen molar-refractivity contribution in [1.29, 1.82) is 0 Å². The summed E-state index contributed by atoms with van der Waals surface area (Å²) in [6.07, 6.45) is 0. The molecule has 1 heterocycles. The standard InChI is InChI=1S/C4H5N3O3/c5-1-2-6-7-3(10-2)4(8)9/h1,5H2,(H,8,9). The zero-order valence-electron chi connectivity index (χ0n) is 4.94. The molecule has 54 valence electrons. The first kappa shape index (κ1) is 6.69. The number of carbonyl (C=O) groups is 1. The minimum absolute atomic E-state index is 0.0558. The molecule has 1 aromatic rings. The first-order valence-corrected chi connectivity index (χ1v) is 2.49. The van der Waals surface area contributed by atoms with Crippen LogP contribution in [0.2, 0.25) is 0 Å². The Balaban J connectivity index is 2.88. The van der Waals surface area contributed by atoms with Crippen LogP contribution in [0.4, 0.5) is 0 Å². The summed E-state index contributed by atoms with van der Waals surface area (Å²) >= 11 is 0. The third-order valence-electron chi connectivity index (χ3n) is 0.824. The van der Waals surface area contributed by atoms with Crippen molar-refractivity contribution in [3.8, 4) is 0 Å². The molecule has 0 saturated heterocycles. The molecule has 0 bridgehead atoms. The lowest BCUT2D eigenvalue weighted by molar-refractivity contribution is 0.0651. The maximum absolute atomic E-state index is 10.1. The van der Waals surface area contributed by atoms with Gasteiger partial charge in [0.25, 0.3) is 0 Å². The molecule has 6 nitrogen and oxygen atoms in total. The van der Waals surface area contributed by atoms with E-state index in [0.717, 1.165) is 0 Å². The second kappa shape index (κ2) is 2.44. The predicted octanol–water partition coefficient (Wildman–Crippen LogP) is -0.774. The third kappa shape index (κ3) is 1.11. The van der Waals surface area contributed by atoms with Crippen LogP contribution in [0.1, 0.15) is 16.6 Å². The van der Waals surface area contributed by atoms with Gasteiger partial charge in [-0.05, 0) is 0 Å². The number of hydrogen-bond donors (Lipinski definition) is 2. The van der Waals surface area contributed by atoms with E-state index in [4.69, 9.17) is 10.8 Å². The van der Waals surface area contributed by atoms with E-state index in [9.17, 15) is 4.79 Å². The van der Waals surface area contributed by atoms with E-state index in [-0.39, 0.29) is 12.4 Å². The number of nitrogens with zero attached hydrogens (tertiary/aromatic N) is 2. The quantitative estimate of drug-likeness (QED) is 0.563. The van der Waals surface area contributed by atoms with Gasteiger partial charge in [0, 0.05) is 0 Å². The van der Waals surface area contributed by atoms with Gasteiger partial charge < -0.3 is 15.3 Å². The van der Waals surface area contributed by atoms with E-state index in [2.05, 4.69) is 14.6 Å². The Kier molecular flexibility index (Phi) is 1.63. The smallest absolute Gasteiger partial charge is 0.393 e. The molecular weight excluding hydrogens is 138 g/mol. The Morgan fingerprint density at radius 1 is 1.70 bits per heavy atom. The van der Waals surface area contributed by atoms with Gasteiger partial charge in [-0.25, -0.2) is 4.79 Å². The average Bonchev–Trinajstić information content (AvgIpc) is 2.34. The lowest BCUT2D eigenvalue weighted by Gasteiger charge is -1.80. The van der Waals surface area contributed by atoms with Crippen LogP contribution in [-0.4, -0.2) is 21.3 Å². The van der Waals surface area contributed by atoms with Gasteiger partial charge in [-0.2, -0.15) is 0 Å². The van der Waals surface area contributed by atoms with Gasteiger partial charge in [-0.1, -0.05) is 0 Å². The highest BCUT2D eigenvalue weighted by Crippen LogP contribution is 1.96. The molecule has 0 spiro atoms. The molecule has 0 amide bonds. The van der Waals surface area contributed by atoms with Crippen LogP contribution >= 0.6 is 0 Å². The minimum Gasteiger partial charge on any atom is -0.474 e. The molecule has 1 aromatic heterocycles. The van der Waals surface area contributed by atoms with Crippen LogP contribution in [0.15, 0.2) is 4.42 Å². The molecule has 6 heteroatoms. The second-order valence-electron chi connectivity index (χ2n) is 1.51. The van der Waals surface area contributed by atoms with Gasteiger partial charge in [-0.3, -0.25) is 0 Å². The highest BCUT2D eigenvalue weighted by molar-refractivity contribution is 5.81. The number of nitrogens with two attached hydrogens (primary N) is 1. The van der Waals surface area contributed by atoms with Crippen molar-refractivity contribution >= 4 is 5.97 Å². The normalized spacial score (nSPS) is 9.70. The molecule has 3 N–H and O–H groups in total. The largest absolute Gasteiger partial charge is 0.474 e. The van der Waals surface area contributed by atoms with E-state index in [1.165, 1.54) is 0 Å². The number of hydrogen-bond acceptors (Lipinski definition) is 5. The van der Waals surface area contributed by atoms with Gasteiger partial charge in [0.15, 0.2) is 0 Å². The Labute approximate surface area is 55.7 Å². The number of aromatic carboxylic acids is 1. The first-order valence-electron chi connectivity index (χ1n) is 2.49. The third-order valence-corrected chi connectivity index (χ3v) is 0.824. The number of carboxylic acid groups (broad SMARTS) is 1. The zero-order valence-corrected chi connectivity index (χ0v) is 4.94. The predicted molar refractivity (Wildman–Crippen MR) is 29.1 cm³/mol. The lowest BCUT2D eigenvalue weighted by atomic mass is 10.7. The zero-order chi connectivity index (χ0) is 7.56. The Hall–Kier alpha value is -1.43. The Morgan fingerprint density at radius 2 is 2.40 bits per heavy atom. The summed E-state index contributed by atoms with van der Waals surface area (Å²) in [7, 11) is 0. The summed E-state index contributed by atoms with van der Waals surface area (Å²) in [5.41, 5.74) is 5.07. The van der Waals surface area contributed by atoms with Crippen LogP contribution < -0.4 is 5.73 Å². The van der Waals surface area contributed by atoms with Gasteiger partial charge in [-0.15, -0.1) is 10.2 Å². The van der Waals surface area contributed by atoms with Gasteiger partial charge in [0.2, 0.25) is 5.89 Å². The van der Waals surface area contributed by atoms with E-state index in [1.807, 2.05) is 0 Å². The van der Waals surface area contributed by atoms with Crippen molar-refractivity contribution in [1.82, 2.24) is 10.2 Å². The Bertz CT molecular complexity index is 244. The van der Waals surface area contributed by atoms with Crippen molar-refractivity contribution in [3.63, 3.8) is 0 Å². The van der Waals surface area contributed by atoms with Crippen molar-refractivity contribution < 1.29 is 14.3 Å². The molecule has 0 radical (unpaired) electrons. The summed E-state index contributed by atoms with van der Waals surface area (Å²) in [5, 5.41) is 14.8. The molecule has 10 heavy (non-hydrogen) atoms. The monoisotopic (exact) mass is 143 g/mol. The summed E-state index contributed by atoms with van der Waals surface area (Å²) in [6.45, 7) is 0.0558. The number of carboxylic acids is 1. The minimum atomic E-state index is -1.24. The number of rotatable bonds is 2. The van der Waals surface area contributed by atoms with Crippen LogP contribution in [0, 0.1) is 0 Å². The van der Waals surface area contributed by atoms with E-state index in [1.54, 1.807) is 0 Å². The van der Waals surface area contributed by atoms with E-state index in [0.29, 0.717) is 0 Å². The van der Waals surface area contributed by atoms with Crippen LogP contribution in [0.3, 0.4) is 0 Å². The molecule has 1 rings (SSSR count). The fraction of sp³-hybridized carbons (Fsp3) is 0.250. The maximum Gasteiger partial charge on any atom is 0.393 e. The van der Waals surface area contributed by atoms with Crippen molar-refractivity contribution in [3.05, 3.63) is 11.8 Å². The lowest BCUT2D eigenvalue weighted by Crippen LogP contribution is -1.96. The van der Waals surface area contributed by atoms with Crippen LogP contribution in [0.25, 0.3) is 0 Å². The fourth-order valence-electron chi connectivity index (χ4n) is 0.423. The first-order chi connectivity index (χ1) is 4.74. The van der Waals surface area contributed by atoms with E-state index >= 15 is 0 Å². The highest BCUT2D eigenvalue weighted by atomic mass is 16.4. The van der Waals surface area contributed by atoms with Crippen molar-refractivity contribution in [2.24, 2.45) is 5.73 Å². The molecule has 0 saturated carbocycles.